The molecule has 0 bridgehead atoms. The Balaban J connectivity index is 1.46. The molecule has 2 heterocycles. The molecule has 3 aromatic carbocycles. The third kappa shape index (κ3) is 4.27. The highest BCUT2D eigenvalue weighted by molar-refractivity contribution is 8.00. The van der Waals surface area contributed by atoms with E-state index in [2.05, 4.69) is 11.9 Å². The van der Waals surface area contributed by atoms with Gasteiger partial charge in [0.15, 0.2) is 12.1 Å². The molecule has 0 spiro atoms. The standard InChI is InChI=1S/C29H26N2O5S/c1-19-18-37-27-25(30-23(32)17-36-22-15-9-4-10-16-22)26(33)31(27)29(19,28(34)35)24(20-11-5-2-6-12-20)21-13-7-3-8-14-21/h2-16,24-25,27H,1,17-18H2,(H,30,32)(H,34,35). The van der Waals surface area contributed by atoms with Crippen LogP contribution in [0.1, 0.15) is 17.0 Å². The van der Waals surface area contributed by atoms with Crippen molar-refractivity contribution in [1.29, 1.82) is 0 Å². The number of nitrogens with one attached hydrogen (secondary N) is 1. The summed E-state index contributed by atoms with van der Waals surface area (Å²) in [5.41, 5.74) is 0.251. The van der Waals surface area contributed by atoms with Gasteiger partial charge < -0.3 is 20.1 Å². The molecule has 2 N–H and O–H groups in total. The number of β-lactam (4-membered cyclic amide) rings is 1. The Morgan fingerprint density at radius 1 is 1.00 bits per heavy atom. The van der Waals surface area contributed by atoms with Crippen molar-refractivity contribution < 1.29 is 24.2 Å². The van der Waals surface area contributed by atoms with Gasteiger partial charge in [0.25, 0.3) is 5.91 Å². The van der Waals surface area contributed by atoms with Gasteiger partial charge in [-0.1, -0.05) is 85.4 Å². The van der Waals surface area contributed by atoms with Crippen molar-refractivity contribution in [3.8, 4) is 5.75 Å². The molecule has 2 fully saturated rings. The molecule has 2 aliphatic heterocycles. The highest BCUT2D eigenvalue weighted by atomic mass is 32.2. The molecule has 8 heteroatoms. The Morgan fingerprint density at radius 2 is 1.54 bits per heavy atom. The van der Waals surface area contributed by atoms with E-state index < -0.39 is 40.7 Å². The lowest BCUT2D eigenvalue weighted by atomic mass is 9.68. The van der Waals surface area contributed by atoms with Gasteiger partial charge in [-0.05, 0) is 28.8 Å². The molecule has 7 nitrogen and oxygen atoms in total. The molecule has 0 aliphatic carbocycles. The number of hydrogen-bond donors (Lipinski definition) is 2. The van der Waals surface area contributed by atoms with Crippen LogP contribution in [-0.4, -0.2) is 57.1 Å². The van der Waals surface area contributed by atoms with Crippen molar-refractivity contribution in [1.82, 2.24) is 10.2 Å². The van der Waals surface area contributed by atoms with E-state index in [-0.39, 0.29) is 6.61 Å². The Kier molecular flexibility index (Phi) is 6.76. The van der Waals surface area contributed by atoms with Gasteiger partial charge in [0, 0.05) is 11.7 Å². The second kappa shape index (κ2) is 10.1. The van der Waals surface area contributed by atoms with Crippen LogP contribution >= 0.6 is 11.8 Å². The maximum Gasteiger partial charge on any atom is 0.335 e. The van der Waals surface area contributed by atoms with Gasteiger partial charge in [-0.2, -0.15) is 0 Å². The molecular formula is C29H26N2O5S. The lowest BCUT2D eigenvalue weighted by Gasteiger charge is -2.60. The zero-order chi connectivity index (χ0) is 26.0. The Morgan fingerprint density at radius 3 is 2.08 bits per heavy atom. The molecule has 3 aromatic rings. The van der Waals surface area contributed by atoms with E-state index in [0.29, 0.717) is 17.1 Å². The number of benzene rings is 3. The number of thioether (sulfide) groups is 1. The van der Waals surface area contributed by atoms with Crippen molar-refractivity contribution in [3.63, 3.8) is 0 Å². The summed E-state index contributed by atoms with van der Waals surface area (Å²) >= 11 is 1.40. The molecule has 37 heavy (non-hydrogen) atoms. The topological polar surface area (TPSA) is 95.9 Å². The zero-order valence-corrected chi connectivity index (χ0v) is 20.8. The molecule has 0 saturated carbocycles. The smallest absolute Gasteiger partial charge is 0.335 e. The van der Waals surface area contributed by atoms with Crippen LogP contribution in [0.2, 0.25) is 0 Å². The molecular weight excluding hydrogens is 488 g/mol. The van der Waals surface area contributed by atoms with E-state index >= 15 is 0 Å². The molecule has 5 rings (SSSR count). The fraction of sp³-hybridized carbons (Fsp3) is 0.207. The number of ether oxygens (including phenoxy) is 1. The van der Waals surface area contributed by atoms with Crippen LogP contribution in [-0.2, 0) is 14.4 Å². The van der Waals surface area contributed by atoms with Crippen molar-refractivity contribution in [2.45, 2.75) is 22.9 Å². The maximum absolute atomic E-state index is 13.6. The van der Waals surface area contributed by atoms with E-state index in [0.717, 1.165) is 11.1 Å². The minimum Gasteiger partial charge on any atom is -0.484 e. The SMILES string of the molecule is C=C1CSC2C(NC(=O)COc3ccccc3)C(=O)N2C1(C(=O)O)C(c1ccccc1)c1ccccc1. The summed E-state index contributed by atoms with van der Waals surface area (Å²) in [6, 6.07) is 26.7. The van der Waals surface area contributed by atoms with Gasteiger partial charge in [-0.25, -0.2) is 4.79 Å². The molecule has 2 saturated heterocycles. The number of aliphatic carboxylic acids is 1. The molecule has 0 radical (unpaired) electrons. The van der Waals surface area contributed by atoms with E-state index in [1.54, 1.807) is 24.3 Å². The first-order valence-electron chi connectivity index (χ1n) is 11.9. The second-order valence-electron chi connectivity index (χ2n) is 8.99. The van der Waals surface area contributed by atoms with Crippen molar-refractivity contribution >= 4 is 29.5 Å². The fourth-order valence-corrected chi connectivity index (χ4v) is 6.56. The number of nitrogens with zero attached hydrogens (tertiary/aromatic N) is 1. The fourth-order valence-electron chi connectivity index (χ4n) is 5.18. The average molecular weight is 515 g/mol. The summed E-state index contributed by atoms with van der Waals surface area (Å²) in [4.78, 5) is 40.8. The minimum atomic E-state index is -1.71. The normalized spacial score (nSPS) is 22.7. The summed E-state index contributed by atoms with van der Waals surface area (Å²) < 4.78 is 5.51. The molecule has 3 atom stereocenters. The van der Waals surface area contributed by atoms with Crippen LogP contribution in [0.25, 0.3) is 0 Å². The third-order valence-corrected chi connectivity index (χ3v) is 8.17. The highest BCUT2D eigenvalue weighted by Gasteiger charge is 2.67. The van der Waals surface area contributed by atoms with E-state index in [1.165, 1.54) is 16.7 Å². The van der Waals surface area contributed by atoms with Gasteiger partial charge in [0.1, 0.15) is 17.2 Å². The lowest BCUT2D eigenvalue weighted by Crippen LogP contribution is -2.80. The van der Waals surface area contributed by atoms with Crippen LogP contribution in [0.5, 0.6) is 5.75 Å². The number of carbonyl (C=O) groups excluding carboxylic acids is 2. The molecule has 2 aliphatic rings. The van der Waals surface area contributed by atoms with Gasteiger partial charge in [0.2, 0.25) is 5.91 Å². The predicted molar refractivity (Wildman–Crippen MR) is 141 cm³/mol. The summed E-state index contributed by atoms with van der Waals surface area (Å²) in [7, 11) is 0. The summed E-state index contributed by atoms with van der Waals surface area (Å²) in [5, 5.41) is 13.0. The second-order valence-corrected chi connectivity index (χ2v) is 10.1. The maximum atomic E-state index is 13.6. The van der Waals surface area contributed by atoms with Gasteiger partial charge in [0.05, 0.1) is 0 Å². The number of fused-ring (bicyclic) bond motifs is 1. The van der Waals surface area contributed by atoms with Crippen LogP contribution in [0.3, 0.4) is 0 Å². The number of carboxylic acids is 1. The van der Waals surface area contributed by atoms with Crippen molar-refractivity contribution in [3.05, 3.63) is 114 Å². The molecule has 0 aromatic heterocycles. The number of carboxylic acid groups (broad SMARTS) is 1. The number of carbonyl (C=O) groups is 3. The monoisotopic (exact) mass is 514 g/mol. The van der Waals surface area contributed by atoms with Gasteiger partial charge in [-0.3, -0.25) is 9.59 Å². The minimum absolute atomic E-state index is 0.251. The average Bonchev–Trinajstić information content (AvgIpc) is 2.93. The molecule has 3 unspecified atom stereocenters. The van der Waals surface area contributed by atoms with Gasteiger partial charge >= 0.3 is 5.97 Å². The van der Waals surface area contributed by atoms with E-state index in [4.69, 9.17) is 4.74 Å². The van der Waals surface area contributed by atoms with Crippen LogP contribution in [0, 0.1) is 0 Å². The predicted octanol–water partition coefficient (Wildman–Crippen LogP) is 3.68. The Hall–Kier alpha value is -4.04. The van der Waals surface area contributed by atoms with E-state index in [1.807, 2.05) is 66.7 Å². The van der Waals surface area contributed by atoms with Crippen LogP contribution in [0.4, 0.5) is 0 Å². The summed E-state index contributed by atoms with van der Waals surface area (Å²) in [6.45, 7) is 3.91. The number of para-hydroxylation sites is 1. The van der Waals surface area contributed by atoms with Crippen molar-refractivity contribution in [2.24, 2.45) is 0 Å². The first kappa shape index (κ1) is 24.6. The summed E-state index contributed by atoms with van der Waals surface area (Å²) in [5.74, 6) is -1.86. The Labute approximate surface area is 219 Å². The number of rotatable bonds is 8. The first-order chi connectivity index (χ1) is 17.9. The highest BCUT2D eigenvalue weighted by Crippen LogP contribution is 2.53. The quantitative estimate of drug-likeness (QED) is 0.352. The third-order valence-electron chi connectivity index (χ3n) is 6.83. The molecule has 188 valence electrons. The Bertz CT molecular complexity index is 1280. The van der Waals surface area contributed by atoms with E-state index in [9.17, 15) is 19.5 Å². The number of hydrogen-bond acceptors (Lipinski definition) is 5. The van der Waals surface area contributed by atoms with Crippen LogP contribution < -0.4 is 10.1 Å². The number of amides is 2. The first-order valence-corrected chi connectivity index (χ1v) is 12.9. The largest absolute Gasteiger partial charge is 0.484 e. The van der Waals surface area contributed by atoms with Crippen LogP contribution in [0.15, 0.2) is 103 Å². The van der Waals surface area contributed by atoms with Crippen molar-refractivity contribution in [2.75, 3.05) is 12.4 Å². The van der Waals surface area contributed by atoms with Gasteiger partial charge in [-0.15, -0.1) is 11.8 Å². The molecule has 2 amide bonds. The zero-order valence-electron chi connectivity index (χ0n) is 19.9. The summed E-state index contributed by atoms with van der Waals surface area (Å²) in [6.07, 6.45) is 0. The lowest BCUT2D eigenvalue weighted by molar-refractivity contribution is -0.170.